The van der Waals surface area contributed by atoms with E-state index in [9.17, 15) is 4.79 Å². The average molecular weight is 385 g/mol. The number of rotatable bonds is 6. The average Bonchev–Trinajstić information content (AvgIpc) is 3.09. The van der Waals surface area contributed by atoms with Crippen LogP contribution in [0.2, 0.25) is 0 Å². The van der Waals surface area contributed by atoms with Gasteiger partial charge in [0.05, 0.1) is 19.0 Å². The molecule has 1 heterocycles. The van der Waals surface area contributed by atoms with Crippen LogP contribution in [-0.4, -0.2) is 23.6 Å². The van der Waals surface area contributed by atoms with Crippen LogP contribution in [0.5, 0.6) is 5.75 Å². The number of alkyl halides is 1. The highest BCUT2D eigenvalue weighted by Crippen LogP contribution is 2.27. The maximum Gasteiger partial charge on any atom is 0.150 e. The number of aromatic amines is 1. The van der Waals surface area contributed by atoms with Crippen LogP contribution in [0, 0.1) is 0 Å². The van der Waals surface area contributed by atoms with Gasteiger partial charge in [0.15, 0.2) is 6.29 Å². The molecule has 0 fully saturated rings. The molecule has 0 radical (unpaired) electrons. The van der Waals surface area contributed by atoms with Gasteiger partial charge in [-0.2, -0.15) is 5.10 Å². The quantitative estimate of drug-likeness (QED) is 0.506. The number of carbonyl (C=O) groups excluding carboxylic acids is 1. The molecule has 4 nitrogen and oxygen atoms in total. The van der Waals surface area contributed by atoms with Crippen molar-refractivity contribution in [3.63, 3.8) is 0 Å². The van der Waals surface area contributed by atoms with E-state index in [1.807, 2.05) is 48.7 Å². The lowest BCUT2D eigenvalue weighted by Crippen LogP contribution is -1.95. The van der Waals surface area contributed by atoms with Crippen molar-refractivity contribution in [1.29, 1.82) is 0 Å². The van der Waals surface area contributed by atoms with E-state index in [1.165, 1.54) is 0 Å². The Morgan fingerprint density at radius 1 is 1.17 bits per heavy atom. The summed E-state index contributed by atoms with van der Waals surface area (Å²) in [7, 11) is 1.65. The zero-order valence-corrected chi connectivity index (χ0v) is 14.8. The van der Waals surface area contributed by atoms with Crippen molar-refractivity contribution in [3.05, 3.63) is 70.9 Å². The smallest absolute Gasteiger partial charge is 0.150 e. The van der Waals surface area contributed by atoms with E-state index in [4.69, 9.17) is 4.74 Å². The summed E-state index contributed by atoms with van der Waals surface area (Å²) in [6.45, 7) is 0. The Morgan fingerprint density at radius 3 is 2.58 bits per heavy atom. The summed E-state index contributed by atoms with van der Waals surface area (Å²) in [5, 5.41) is 7.92. The molecule has 5 heteroatoms. The zero-order valence-electron chi connectivity index (χ0n) is 13.3. The van der Waals surface area contributed by atoms with E-state index in [-0.39, 0.29) is 0 Å². The van der Waals surface area contributed by atoms with Gasteiger partial charge in [0.1, 0.15) is 5.75 Å². The summed E-state index contributed by atoms with van der Waals surface area (Å²) < 4.78 is 5.19. The highest BCUT2D eigenvalue weighted by atomic mass is 79.9. The van der Waals surface area contributed by atoms with Gasteiger partial charge in [-0.3, -0.25) is 9.89 Å². The van der Waals surface area contributed by atoms with Crippen molar-refractivity contribution in [3.8, 4) is 17.0 Å². The Labute approximate surface area is 149 Å². The van der Waals surface area contributed by atoms with Gasteiger partial charge in [-0.15, -0.1) is 0 Å². The summed E-state index contributed by atoms with van der Waals surface area (Å²) in [4.78, 5) is 11.5. The third kappa shape index (κ3) is 3.41. The van der Waals surface area contributed by atoms with Crippen LogP contribution in [0.1, 0.15) is 27.0 Å². The van der Waals surface area contributed by atoms with Crippen molar-refractivity contribution in [2.24, 2.45) is 0 Å². The summed E-state index contributed by atoms with van der Waals surface area (Å²) in [6, 6.07) is 13.8. The fourth-order valence-electron chi connectivity index (χ4n) is 2.66. The molecule has 0 amide bonds. The predicted molar refractivity (Wildman–Crippen MR) is 97.8 cm³/mol. The van der Waals surface area contributed by atoms with Gasteiger partial charge < -0.3 is 4.74 Å². The monoisotopic (exact) mass is 384 g/mol. The number of hydrogen-bond acceptors (Lipinski definition) is 3. The summed E-state index contributed by atoms with van der Waals surface area (Å²) in [5.41, 5.74) is 5.69. The summed E-state index contributed by atoms with van der Waals surface area (Å²) in [5.74, 6) is 0.833. The highest BCUT2D eigenvalue weighted by molar-refractivity contribution is 9.08. The van der Waals surface area contributed by atoms with Crippen molar-refractivity contribution in [1.82, 2.24) is 10.2 Å². The number of H-pyrrole nitrogens is 1. The van der Waals surface area contributed by atoms with E-state index in [0.29, 0.717) is 5.56 Å². The van der Waals surface area contributed by atoms with Gasteiger partial charge in [0.2, 0.25) is 0 Å². The Bertz CT molecular complexity index is 841. The minimum absolute atomic E-state index is 0.659. The lowest BCUT2D eigenvalue weighted by molar-refractivity contribution is 0.112. The highest BCUT2D eigenvalue weighted by Gasteiger charge is 2.13. The molecule has 1 N–H and O–H groups in total. The van der Waals surface area contributed by atoms with Crippen LogP contribution in [-0.2, 0) is 11.8 Å². The van der Waals surface area contributed by atoms with Gasteiger partial charge >= 0.3 is 0 Å². The summed E-state index contributed by atoms with van der Waals surface area (Å²) in [6.07, 6.45) is 3.43. The van der Waals surface area contributed by atoms with Crippen LogP contribution in [0.15, 0.2) is 48.7 Å². The standard InChI is InChI=1S/C19H17BrN2O2/c1-24-17-5-2-13(3-6-17)8-15-11-21-22-19(15)18-7-4-14(10-20)9-16(18)12-23/h2-7,9,11-12H,8,10H2,1H3,(H,21,22). The second-order valence-electron chi connectivity index (χ2n) is 5.47. The van der Waals surface area contributed by atoms with Crippen molar-refractivity contribution in [2.75, 3.05) is 7.11 Å². The molecule has 24 heavy (non-hydrogen) atoms. The van der Waals surface area contributed by atoms with E-state index in [2.05, 4.69) is 26.1 Å². The third-order valence-electron chi connectivity index (χ3n) is 3.94. The first-order chi connectivity index (χ1) is 11.7. The Morgan fingerprint density at radius 2 is 1.92 bits per heavy atom. The number of methoxy groups -OCH3 is 1. The number of carbonyl (C=O) groups is 1. The number of nitrogens with one attached hydrogen (secondary N) is 1. The molecular weight excluding hydrogens is 368 g/mol. The second kappa shape index (κ2) is 7.45. The number of hydrogen-bond donors (Lipinski definition) is 1. The number of aromatic nitrogens is 2. The molecule has 0 saturated carbocycles. The number of aldehydes is 1. The molecule has 0 aliphatic heterocycles. The second-order valence-corrected chi connectivity index (χ2v) is 6.03. The maximum absolute atomic E-state index is 11.5. The molecule has 0 saturated heterocycles. The zero-order chi connectivity index (χ0) is 16.9. The van der Waals surface area contributed by atoms with Gasteiger partial charge in [-0.25, -0.2) is 0 Å². The largest absolute Gasteiger partial charge is 0.497 e. The number of ether oxygens (including phenoxy) is 1. The van der Waals surface area contributed by atoms with E-state index in [0.717, 1.165) is 51.7 Å². The SMILES string of the molecule is COc1ccc(Cc2cn[nH]c2-c2ccc(CBr)cc2C=O)cc1. The predicted octanol–water partition coefficient (Wildman–Crippen LogP) is 4.38. The van der Waals surface area contributed by atoms with E-state index in [1.54, 1.807) is 7.11 Å². The number of halogens is 1. The molecule has 1 aromatic heterocycles. The Kier molecular flexibility index (Phi) is 5.11. The normalized spacial score (nSPS) is 10.6. The molecule has 0 unspecified atom stereocenters. The summed E-state index contributed by atoms with van der Waals surface area (Å²) >= 11 is 3.42. The van der Waals surface area contributed by atoms with Crippen LogP contribution in [0.3, 0.4) is 0 Å². The Balaban J connectivity index is 1.94. The van der Waals surface area contributed by atoms with E-state index >= 15 is 0 Å². The fourth-order valence-corrected chi connectivity index (χ4v) is 3.01. The maximum atomic E-state index is 11.5. The van der Waals surface area contributed by atoms with Gasteiger partial charge in [0, 0.05) is 28.4 Å². The van der Waals surface area contributed by atoms with Crippen molar-refractivity contribution >= 4 is 22.2 Å². The molecule has 3 rings (SSSR count). The first-order valence-corrected chi connectivity index (χ1v) is 8.67. The molecule has 0 atom stereocenters. The molecule has 3 aromatic rings. The molecule has 0 spiro atoms. The minimum Gasteiger partial charge on any atom is -0.497 e. The molecule has 122 valence electrons. The van der Waals surface area contributed by atoms with Gasteiger partial charge in [-0.1, -0.05) is 40.2 Å². The van der Waals surface area contributed by atoms with Gasteiger partial charge in [0.25, 0.3) is 0 Å². The van der Waals surface area contributed by atoms with Gasteiger partial charge in [-0.05, 0) is 29.3 Å². The first kappa shape index (κ1) is 16.5. The Hall–Kier alpha value is -2.40. The fraction of sp³-hybridized carbons (Fsp3) is 0.158. The molecule has 0 bridgehead atoms. The number of nitrogens with zero attached hydrogens (tertiary/aromatic N) is 1. The van der Waals surface area contributed by atoms with Crippen LogP contribution in [0.4, 0.5) is 0 Å². The first-order valence-electron chi connectivity index (χ1n) is 7.54. The van der Waals surface area contributed by atoms with E-state index < -0.39 is 0 Å². The topological polar surface area (TPSA) is 55.0 Å². The molecule has 0 aliphatic carbocycles. The minimum atomic E-state index is 0.659. The molecule has 2 aromatic carbocycles. The van der Waals surface area contributed by atoms with Crippen LogP contribution in [0.25, 0.3) is 11.3 Å². The third-order valence-corrected chi connectivity index (χ3v) is 4.59. The molecule has 0 aliphatic rings. The number of benzene rings is 2. The van der Waals surface area contributed by atoms with Crippen molar-refractivity contribution in [2.45, 2.75) is 11.8 Å². The van der Waals surface area contributed by atoms with Crippen molar-refractivity contribution < 1.29 is 9.53 Å². The lowest BCUT2D eigenvalue weighted by atomic mass is 9.97. The van der Waals surface area contributed by atoms with Crippen LogP contribution < -0.4 is 4.74 Å². The van der Waals surface area contributed by atoms with Crippen LogP contribution >= 0.6 is 15.9 Å². The lowest BCUT2D eigenvalue weighted by Gasteiger charge is -2.08. The molecular formula is C19H17BrN2O2.